The fourth-order valence-electron chi connectivity index (χ4n) is 2.93. The molecule has 1 aromatic heterocycles. The second kappa shape index (κ2) is 6.44. The van der Waals surface area contributed by atoms with E-state index >= 15 is 0 Å². The fourth-order valence-corrected chi connectivity index (χ4v) is 2.93. The van der Waals surface area contributed by atoms with E-state index in [-0.39, 0.29) is 22.5 Å². The number of halogens is 3. The van der Waals surface area contributed by atoms with Crippen molar-refractivity contribution in [1.82, 2.24) is 10.3 Å². The third-order valence-electron chi connectivity index (χ3n) is 4.32. The van der Waals surface area contributed by atoms with E-state index in [2.05, 4.69) is 10.3 Å². The van der Waals surface area contributed by atoms with E-state index in [9.17, 15) is 22.8 Å². The number of rotatable bonds is 4. The van der Waals surface area contributed by atoms with Gasteiger partial charge in [0.05, 0.1) is 16.8 Å². The van der Waals surface area contributed by atoms with E-state index in [0.717, 1.165) is 6.07 Å². The normalized spacial score (nSPS) is 19.1. The standard InChI is InChI=1S/C18H15F3N2O3/c1-9-10(17(25)26)6-7-14(22-9)16(24)23-15-8-12(15)11-4-2-3-5-13(11)18(19,20)21/h2-7,12,15H,8H2,1H3,(H,23,24)(H,25,26). The molecule has 1 aliphatic carbocycles. The maximum absolute atomic E-state index is 13.1. The van der Waals surface area contributed by atoms with Crippen LogP contribution in [-0.2, 0) is 6.18 Å². The van der Waals surface area contributed by atoms with Crippen molar-refractivity contribution in [1.29, 1.82) is 0 Å². The average Bonchev–Trinajstić information content (AvgIpc) is 3.32. The summed E-state index contributed by atoms with van der Waals surface area (Å²) in [6, 6.07) is 7.48. The van der Waals surface area contributed by atoms with Gasteiger partial charge in [-0.05, 0) is 37.1 Å². The number of aromatic nitrogens is 1. The van der Waals surface area contributed by atoms with Gasteiger partial charge in [0, 0.05) is 12.0 Å². The molecule has 0 radical (unpaired) electrons. The summed E-state index contributed by atoms with van der Waals surface area (Å²) in [7, 11) is 0. The van der Waals surface area contributed by atoms with Crippen molar-refractivity contribution in [2.24, 2.45) is 0 Å². The Bertz CT molecular complexity index is 880. The summed E-state index contributed by atoms with van der Waals surface area (Å²) in [6.45, 7) is 1.47. The van der Waals surface area contributed by atoms with Crippen LogP contribution < -0.4 is 5.32 Å². The third kappa shape index (κ3) is 3.54. The molecule has 1 heterocycles. The first-order valence-electron chi connectivity index (χ1n) is 7.86. The van der Waals surface area contributed by atoms with Gasteiger partial charge in [-0.1, -0.05) is 18.2 Å². The van der Waals surface area contributed by atoms with Crippen LogP contribution in [0.2, 0.25) is 0 Å². The molecule has 2 N–H and O–H groups in total. The molecule has 2 unspecified atom stereocenters. The number of carboxylic acid groups (broad SMARTS) is 1. The lowest BCUT2D eigenvalue weighted by Gasteiger charge is -2.12. The Morgan fingerprint density at radius 2 is 1.88 bits per heavy atom. The van der Waals surface area contributed by atoms with Crippen LogP contribution in [0.3, 0.4) is 0 Å². The zero-order chi connectivity index (χ0) is 19.1. The molecule has 8 heteroatoms. The lowest BCUT2D eigenvalue weighted by atomic mass is 10.0. The minimum absolute atomic E-state index is 0.00930. The quantitative estimate of drug-likeness (QED) is 0.872. The van der Waals surface area contributed by atoms with Crippen LogP contribution >= 0.6 is 0 Å². The number of aryl methyl sites for hydroxylation is 1. The van der Waals surface area contributed by atoms with Gasteiger partial charge >= 0.3 is 12.1 Å². The van der Waals surface area contributed by atoms with E-state index in [4.69, 9.17) is 5.11 Å². The zero-order valence-electron chi connectivity index (χ0n) is 13.7. The molecule has 1 aromatic carbocycles. The Hall–Kier alpha value is -2.90. The van der Waals surface area contributed by atoms with Gasteiger partial charge < -0.3 is 10.4 Å². The smallest absolute Gasteiger partial charge is 0.416 e. The van der Waals surface area contributed by atoms with Gasteiger partial charge in [0.2, 0.25) is 0 Å². The predicted octanol–water partition coefficient (Wildman–Crippen LogP) is 3.39. The van der Waals surface area contributed by atoms with Crippen LogP contribution in [-0.4, -0.2) is 28.0 Å². The third-order valence-corrected chi connectivity index (χ3v) is 4.32. The van der Waals surface area contributed by atoms with Gasteiger partial charge in [-0.2, -0.15) is 13.2 Å². The monoisotopic (exact) mass is 364 g/mol. The van der Waals surface area contributed by atoms with Crippen molar-refractivity contribution in [3.8, 4) is 0 Å². The number of aromatic carboxylic acids is 1. The van der Waals surface area contributed by atoms with Crippen molar-refractivity contribution < 1.29 is 27.9 Å². The molecular weight excluding hydrogens is 349 g/mol. The van der Waals surface area contributed by atoms with Crippen LogP contribution in [0.1, 0.15) is 50.0 Å². The van der Waals surface area contributed by atoms with Gasteiger partial charge in [-0.15, -0.1) is 0 Å². The van der Waals surface area contributed by atoms with Crippen LogP contribution in [0.25, 0.3) is 0 Å². The minimum Gasteiger partial charge on any atom is -0.478 e. The number of pyridine rings is 1. The Balaban J connectivity index is 1.72. The number of nitrogens with one attached hydrogen (secondary N) is 1. The Labute approximate surface area is 146 Å². The molecule has 0 bridgehead atoms. The number of carboxylic acids is 1. The van der Waals surface area contributed by atoms with Gasteiger partial charge in [0.25, 0.3) is 5.91 Å². The van der Waals surface area contributed by atoms with Gasteiger partial charge in [0.15, 0.2) is 0 Å². The van der Waals surface area contributed by atoms with Crippen LogP contribution in [0.5, 0.6) is 0 Å². The number of amides is 1. The number of carbonyl (C=O) groups excluding carboxylic acids is 1. The molecule has 0 aliphatic heterocycles. The molecule has 0 saturated heterocycles. The minimum atomic E-state index is -4.45. The van der Waals surface area contributed by atoms with Gasteiger partial charge in [-0.25, -0.2) is 9.78 Å². The molecular formula is C18H15F3N2O3. The summed E-state index contributed by atoms with van der Waals surface area (Å²) >= 11 is 0. The van der Waals surface area contributed by atoms with Crippen molar-refractivity contribution >= 4 is 11.9 Å². The molecule has 2 aromatic rings. The van der Waals surface area contributed by atoms with Crippen LogP contribution in [0.15, 0.2) is 36.4 Å². The molecule has 1 fully saturated rings. The highest BCUT2D eigenvalue weighted by Crippen LogP contribution is 2.46. The Morgan fingerprint density at radius 3 is 2.50 bits per heavy atom. The topological polar surface area (TPSA) is 79.3 Å². The summed E-state index contributed by atoms with van der Waals surface area (Å²) in [5.74, 6) is -2.09. The van der Waals surface area contributed by atoms with E-state index in [0.29, 0.717) is 6.42 Å². The van der Waals surface area contributed by atoms with E-state index in [1.807, 2.05) is 0 Å². The van der Waals surface area contributed by atoms with Gasteiger partial charge in [-0.3, -0.25) is 4.79 Å². The van der Waals surface area contributed by atoms with Crippen molar-refractivity contribution in [2.45, 2.75) is 31.5 Å². The Morgan fingerprint density at radius 1 is 1.19 bits per heavy atom. The van der Waals surface area contributed by atoms with Crippen molar-refractivity contribution in [2.75, 3.05) is 0 Å². The molecule has 0 spiro atoms. The maximum Gasteiger partial charge on any atom is 0.416 e. The lowest BCUT2D eigenvalue weighted by molar-refractivity contribution is -0.138. The second-order valence-corrected chi connectivity index (χ2v) is 6.14. The number of benzene rings is 1. The molecule has 1 aliphatic rings. The first-order chi connectivity index (χ1) is 12.2. The predicted molar refractivity (Wildman–Crippen MR) is 86.0 cm³/mol. The lowest BCUT2D eigenvalue weighted by Crippen LogP contribution is -2.28. The number of carbonyl (C=O) groups is 2. The molecule has 136 valence electrons. The van der Waals surface area contributed by atoms with Crippen molar-refractivity contribution in [3.05, 3.63) is 64.5 Å². The highest BCUT2D eigenvalue weighted by atomic mass is 19.4. The highest BCUT2D eigenvalue weighted by molar-refractivity contribution is 5.94. The molecule has 1 amide bonds. The van der Waals surface area contributed by atoms with E-state index in [1.54, 1.807) is 0 Å². The summed E-state index contributed by atoms with van der Waals surface area (Å²) in [5.41, 5.74) is -0.315. The number of nitrogens with zero attached hydrogens (tertiary/aromatic N) is 1. The second-order valence-electron chi connectivity index (χ2n) is 6.14. The van der Waals surface area contributed by atoms with Crippen LogP contribution in [0.4, 0.5) is 13.2 Å². The summed E-state index contributed by atoms with van der Waals surface area (Å²) in [4.78, 5) is 27.2. The first kappa shape index (κ1) is 17.9. The SMILES string of the molecule is Cc1nc(C(=O)NC2CC2c2ccccc2C(F)(F)F)ccc1C(=O)O. The Kier molecular flexibility index (Phi) is 4.43. The largest absolute Gasteiger partial charge is 0.478 e. The summed E-state index contributed by atoms with van der Waals surface area (Å²) in [5, 5.41) is 11.6. The molecule has 1 saturated carbocycles. The summed E-state index contributed by atoms with van der Waals surface area (Å²) < 4.78 is 39.3. The molecule has 3 rings (SSSR count). The van der Waals surface area contributed by atoms with Gasteiger partial charge in [0.1, 0.15) is 5.69 Å². The summed E-state index contributed by atoms with van der Waals surface area (Å²) in [6.07, 6.45) is -4.04. The van der Waals surface area contributed by atoms with Crippen molar-refractivity contribution in [3.63, 3.8) is 0 Å². The number of alkyl halides is 3. The first-order valence-corrected chi connectivity index (χ1v) is 7.86. The average molecular weight is 364 g/mol. The maximum atomic E-state index is 13.1. The highest BCUT2D eigenvalue weighted by Gasteiger charge is 2.45. The number of hydrogen-bond acceptors (Lipinski definition) is 3. The van der Waals surface area contributed by atoms with E-state index in [1.165, 1.54) is 37.3 Å². The number of hydrogen-bond donors (Lipinski definition) is 2. The molecule has 2 atom stereocenters. The molecule has 5 nitrogen and oxygen atoms in total. The van der Waals surface area contributed by atoms with E-state index < -0.39 is 35.6 Å². The zero-order valence-corrected chi connectivity index (χ0v) is 13.7. The molecule has 26 heavy (non-hydrogen) atoms. The fraction of sp³-hybridized carbons (Fsp3) is 0.278. The van der Waals surface area contributed by atoms with Crippen LogP contribution in [0, 0.1) is 6.92 Å².